The molecule has 10 fully saturated rings. The van der Waals surface area contributed by atoms with Crippen molar-refractivity contribution in [2.24, 2.45) is 100 Å². The summed E-state index contributed by atoms with van der Waals surface area (Å²) in [5, 5.41) is 0. The minimum absolute atomic E-state index is 0. The van der Waals surface area contributed by atoms with E-state index in [2.05, 4.69) is 53.2 Å². The Hall–Kier alpha value is -1.92. The molecule has 2 heterocycles. The predicted molar refractivity (Wildman–Crippen MR) is 251 cm³/mol. The lowest BCUT2D eigenvalue weighted by atomic mass is 9.46. The van der Waals surface area contributed by atoms with E-state index in [9.17, 15) is 19.2 Å². The van der Waals surface area contributed by atoms with Gasteiger partial charge in [0.2, 0.25) is 0 Å². The van der Waals surface area contributed by atoms with Gasteiger partial charge in [-0.1, -0.05) is 115 Å². The van der Waals surface area contributed by atoms with Gasteiger partial charge in [-0.05, 0) is 150 Å². The first-order valence-electron chi connectivity index (χ1n) is 21.1. The molecule has 0 aromatic carbocycles. The largest absolute Gasteiger partial charge is 0.465 e. The monoisotopic (exact) mass is 839 g/mol. The quantitative estimate of drug-likeness (QED) is 0.158. The lowest BCUT2D eigenvalue weighted by Gasteiger charge is -2.61. The van der Waals surface area contributed by atoms with Crippen LogP contribution in [0.1, 0.15) is 199 Å². The molecular formula is C52H102O7. The standard InChI is InChI=1S/C18H30O2.C11H16O2.C9H16.C6H8O3.8CH4/c1-5-12(2)16(19)20-17(3,4)18-9-13-6-14(10-18)8-15(7-13)11-18;1-5-6(2)8-3-7(5)9-4-13-11(12)10(8)9;1-6-7(2)9-4-3-8(6)5-9;1-3-4(2)6(8)9-5(3)7;;;;;;;;/h12-15H,5-11H2,1-4H3;5-10H,3-4H2,1-2H3;6-9H,3-5H2,1-2H3;3-4H,1-2H3;8*1H4. The molecule has 0 radical (unpaired) electrons. The summed E-state index contributed by atoms with van der Waals surface area (Å²) >= 11 is 0. The molecule has 2 saturated heterocycles. The lowest BCUT2D eigenvalue weighted by Crippen LogP contribution is -2.57. The van der Waals surface area contributed by atoms with Gasteiger partial charge in [0.25, 0.3) is 0 Å². The van der Waals surface area contributed by atoms with Crippen molar-refractivity contribution >= 4 is 23.9 Å². The summed E-state index contributed by atoms with van der Waals surface area (Å²) in [7, 11) is 0. The molecule has 10 aliphatic rings. The van der Waals surface area contributed by atoms with E-state index >= 15 is 0 Å². The second-order valence-corrected chi connectivity index (χ2v) is 19.9. The highest BCUT2D eigenvalue weighted by Gasteiger charge is 2.61. The highest BCUT2D eigenvalue weighted by molar-refractivity contribution is 5.95. The average Bonchev–Trinajstić information content (AvgIpc) is 3.92. The number of carbonyl (C=O) groups excluding carboxylic acids is 4. The zero-order chi connectivity index (χ0) is 37.2. The predicted octanol–water partition coefficient (Wildman–Crippen LogP) is 14.4. The lowest BCUT2D eigenvalue weighted by molar-refractivity contribution is -0.201. The van der Waals surface area contributed by atoms with E-state index in [1.165, 1.54) is 57.8 Å². The SMILES string of the molecule is C.C.C.C.C.C.C.C.CC1C(=O)OC(=O)C1C.CC1C(C)C2CC1C1COC(=O)C21.CC1C2CCC(C2)C1C.CCC(C)C(=O)OC(C)(C)C12CC3CC(CC(C3)C1)C2. The summed E-state index contributed by atoms with van der Waals surface area (Å²) in [5.74, 6) is 9.67. The van der Waals surface area contributed by atoms with Crippen LogP contribution in [0.25, 0.3) is 0 Å². The molecule has 2 aliphatic heterocycles. The van der Waals surface area contributed by atoms with Crippen molar-refractivity contribution in [2.45, 2.75) is 205 Å². The maximum atomic E-state index is 12.3. The van der Waals surface area contributed by atoms with Crippen LogP contribution in [-0.2, 0) is 33.4 Å². The maximum absolute atomic E-state index is 12.3. The Bertz CT molecular complexity index is 1250. The first-order chi connectivity index (χ1) is 24.0. The van der Waals surface area contributed by atoms with Crippen molar-refractivity contribution in [3.63, 3.8) is 0 Å². The Kier molecular flexibility index (Phi) is 24.5. The van der Waals surface area contributed by atoms with Crippen molar-refractivity contribution in [3.8, 4) is 0 Å². The molecule has 8 saturated carbocycles. The number of ether oxygens (including phenoxy) is 3. The topological polar surface area (TPSA) is 96.0 Å². The Morgan fingerprint density at radius 3 is 1.42 bits per heavy atom. The van der Waals surface area contributed by atoms with Crippen molar-refractivity contribution in [1.82, 2.24) is 0 Å². The van der Waals surface area contributed by atoms with E-state index < -0.39 is 11.9 Å². The van der Waals surface area contributed by atoms with Gasteiger partial charge in [-0.2, -0.15) is 0 Å². The smallest absolute Gasteiger partial charge is 0.317 e. The van der Waals surface area contributed by atoms with E-state index in [0.29, 0.717) is 18.4 Å². The summed E-state index contributed by atoms with van der Waals surface area (Å²) in [6, 6.07) is 0. The van der Waals surface area contributed by atoms with Crippen LogP contribution in [0.5, 0.6) is 0 Å². The van der Waals surface area contributed by atoms with Crippen LogP contribution in [0.2, 0.25) is 0 Å². The van der Waals surface area contributed by atoms with Crippen LogP contribution in [0.3, 0.4) is 0 Å². The third-order valence-electron chi connectivity index (χ3n) is 17.1. The van der Waals surface area contributed by atoms with Gasteiger partial charge in [0, 0.05) is 11.3 Å². The number of rotatable bonds is 4. The third kappa shape index (κ3) is 11.6. The molecule has 59 heavy (non-hydrogen) atoms. The second kappa shape index (κ2) is 23.5. The Morgan fingerprint density at radius 1 is 0.644 bits per heavy atom. The van der Waals surface area contributed by atoms with E-state index in [1.807, 2.05) is 6.92 Å². The number of hydrogen-bond acceptors (Lipinski definition) is 7. The highest BCUT2D eigenvalue weighted by atomic mass is 16.6. The fourth-order valence-electron chi connectivity index (χ4n) is 13.0. The Morgan fingerprint density at radius 2 is 1.07 bits per heavy atom. The molecule has 13 atom stereocenters. The van der Waals surface area contributed by atoms with Gasteiger partial charge in [0.05, 0.1) is 30.3 Å². The molecule has 8 aliphatic carbocycles. The number of carbonyl (C=O) groups is 4. The molecule has 7 heteroatoms. The van der Waals surface area contributed by atoms with Crippen molar-refractivity contribution < 1.29 is 33.4 Å². The molecule has 8 bridgehead atoms. The van der Waals surface area contributed by atoms with Gasteiger partial charge < -0.3 is 14.2 Å². The summed E-state index contributed by atoms with van der Waals surface area (Å²) in [6.45, 7) is 22.0. The molecule has 10 rings (SSSR count). The summed E-state index contributed by atoms with van der Waals surface area (Å²) in [5.41, 5.74) is -0.0194. The van der Waals surface area contributed by atoms with Gasteiger partial charge in [-0.3, -0.25) is 19.2 Å². The molecule has 0 spiro atoms. The number of hydrogen-bond donors (Lipinski definition) is 0. The molecule has 352 valence electrons. The Balaban J connectivity index is -0.000000711. The highest BCUT2D eigenvalue weighted by Crippen LogP contribution is 2.64. The van der Waals surface area contributed by atoms with E-state index in [0.717, 1.165) is 65.6 Å². The van der Waals surface area contributed by atoms with Crippen LogP contribution in [0.15, 0.2) is 0 Å². The van der Waals surface area contributed by atoms with E-state index in [-0.39, 0.29) is 106 Å². The normalized spacial score (nSPS) is 40.6. The zero-order valence-electron chi connectivity index (χ0n) is 33.6. The van der Waals surface area contributed by atoms with Gasteiger partial charge in [-0.15, -0.1) is 0 Å². The van der Waals surface area contributed by atoms with Crippen molar-refractivity contribution in [3.05, 3.63) is 0 Å². The summed E-state index contributed by atoms with van der Waals surface area (Å²) in [4.78, 5) is 44.8. The van der Waals surface area contributed by atoms with Gasteiger partial charge >= 0.3 is 23.9 Å². The minimum atomic E-state index is -0.396. The zero-order valence-corrected chi connectivity index (χ0v) is 33.6. The van der Waals surface area contributed by atoms with E-state index in [4.69, 9.17) is 9.47 Å². The molecule has 0 aromatic heterocycles. The number of esters is 4. The summed E-state index contributed by atoms with van der Waals surface area (Å²) < 4.78 is 15.5. The number of fused-ring (bicyclic) bond motifs is 7. The molecule has 0 N–H and O–H groups in total. The average molecular weight is 839 g/mol. The van der Waals surface area contributed by atoms with Crippen LogP contribution < -0.4 is 0 Å². The van der Waals surface area contributed by atoms with Crippen LogP contribution in [-0.4, -0.2) is 36.1 Å². The van der Waals surface area contributed by atoms with Gasteiger partial charge in [0.15, 0.2) is 0 Å². The van der Waals surface area contributed by atoms with Crippen LogP contribution in [0.4, 0.5) is 0 Å². The first-order valence-corrected chi connectivity index (χ1v) is 21.1. The second-order valence-electron chi connectivity index (χ2n) is 19.9. The fourth-order valence-corrected chi connectivity index (χ4v) is 13.0. The molecule has 0 amide bonds. The molecular weight excluding hydrogens is 737 g/mol. The summed E-state index contributed by atoms with van der Waals surface area (Å²) in [6.07, 6.45) is 15.0. The van der Waals surface area contributed by atoms with Gasteiger partial charge in [0.1, 0.15) is 5.60 Å². The number of cyclic esters (lactones) is 3. The molecule has 13 unspecified atom stereocenters. The van der Waals surface area contributed by atoms with Crippen LogP contribution in [0, 0.1) is 100 Å². The molecule has 7 nitrogen and oxygen atoms in total. The van der Waals surface area contributed by atoms with Crippen molar-refractivity contribution in [1.29, 1.82) is 0 Å². The van der Waals surface area contributed by atoms with Crippen LogP contribution >= 0.6 is 0 Å². The first kappa shape index (κ1) is 61.4. The van der Waals surface area contributed by atoms with E-state index in [1.54, 1.807) is 20.3 Å². The maximum Gasteiger partial charge on any atom is 0.317 e. The Labute approximate surface area is 367 Å². The van der Waals surface area contributed by atoms with Gasteiger partial charge in [-0.25, -0.2) is 0 Å². The third-order valence-corrected chi connectivity index (χ3v) is 17.1. The molecule has 0 aromatic rings. The fraction of sp³-hybridized carbons (Fsp3) is 0.923. The minimum Gasteiger partial charge on any atom is -0.465 e. The van der Waals surface area contributed by atoms with Crippen molar-refractivity contribution in [2.75, 3.05) is 6.61 Å².